The molecule has 7 nitrogen and oxygen atoms in total. The minimum Gasteiger partial charge on any atom is -0.454 e. The second kappa shape index (κ2) is 6.73. The van der Waals surface area contributed by atoms with Crippen molar-refractivity contribution in [2.75, 3.05) is 17.5 Å². The molecule has 5 rings (SSSR count). The summed E-state index contributed by atoms with van der Waals surface area (Å²) >= 11 is 1.54. The zero-order valence-electron chi connectivity index (χ0n) is 16.5. The van der Waals surface area contributed by atoms with E-state index in [1.165, 1.54) is 16.9 Å². The van der Waals surface area contributed by atoms with Gasteiger partial charge in [0, 0.05) is 16.8 Å². The number of ether oxygens (including phenoxy) is 2. The Morgan fingerprint density at radius 3 is 2.62 bits per heavy atom. The van der Waals surface area contributed by atoms with Gasteiger partial charge in [0.05, 0.1) is 11.8 Å². The molecule has 0 saturated carbocycles. The molecule has 0 fully saturated rings. The quantitative estimate of drug-likeness (QED) is 0.653. The molecule has 2 N–H and O–H groups in total. The molecule has 0 saturated heterocycles. The fraction of sp³-hybridized carbons (Fsp3) is 0.286. The van der Waals surface area contributed by atoms with Crippen molar-refractivity contribution in [1.29, 1.82) is 0 Å². The first-order valence-corrected chi connectivity index (χ1v) is 10.3. The third-order valence-corrected chi connectivity index (χ3v) is 6.08. The van der Waals surface area contributed by atoms with Gasteiger partial charge >= 0.3 is 0 Å². The number of benzene rings is 2. The van der Waals surface area contributed by atoms with E-state index in [1.54, 1.807) is 0 Å². The van der Waals surface area contributed by atoms with Crippen molar-refractivity contribution in [2.45, 2.75) is 33.2 Å². The normalized spacial score (nSPS) is 17.7. The summed E-state index contributed by atoms with van der Waals surface area (Å²) in [4.78, 5) is 0. The Hall–Kier alpha value is -3.13. The molecule has 1 aromatic heterocycles. The number of anilines is 2. The predicted octanol–water partition coefficient (Wildman–Crippen LogP) is 3.67. The van der Waals surface area contributed by atoms with Gasteiger partial charge in [-0.1, -0.05) is 17.4 Å². The summed E-state index contributed by atoms with van der Waals surface area (Å²) in [5.74, 6) is 1.53. The molecular weight excluding hydrogens is 386 g/mol. The van der Waals surface area contributed by atoms with Crippen molar-refractivity contribution in [3.63, 3.8) is 0 Å². The Morgan fingerprint density at radius 2 is 1.90 bits per heavy atom. The third kappa shape index (κ3) is 3.09. The van der Waals surface area contributed by atoms with Gasteiger partial charge in [0.2, 0.25) is 11.9 Å². The highest BCUT2D eigenvalue weighted by atomic mass is 32.1. The Morgan fingerprint density at radius 1 is 1.10 bits per heavy atom. The zero-order chi connectivity index (χ0) is 20.1. The lowest BCUT2D eigenvalue weighted by Gasteiger charge is -2.22. The largest absolute Gasteiger partial charge is 0.454 e. The summed E-state index contributed by atoms with van der Waals surface area (Å²) in [7, 11) is 0. The third-order valence-electron chi connectivity index (χ3n) is 5.25. The summed E-state index contributed by atoms with van der Waals surface area (Å²) in [6, 6.07) is 10.2. The summed E-state index contributed by atoms with van der Waals surface area (Å²) in [5, 5.41) is 17.3. The van der Waals surface area contributed by atoms with Gasteiger partial charge in [-0.15, -0.1) is 10.2 Å². The molecule has 0 spiro atoms. The van der Waals surface area contributed by atoms with Crippen molar-refractivity contribution in [3.8, 4) is 11.5 Å². The summed E-state index contributed by atoms with van der Waals surface area (Å²) in [6.07, 6.45) is 0.797. The van der Waals surface area contributed by atoms with Crippen LogP contribution in [0.15, 0.2) is 35.4 Å². The molecule has 2 aromatic carbocycles. The number of nitrogens with two attached hydrogens (primary N) is 1. The van der Waals surface area contributed by atoms with Crippen LogP contribution in [0.4, 0.5) is 10.8 Å². The number of hydrogen-bond donors (Lipinski definition) is 1. The number of nitrogens with zero attached hydrogens (tertiary/aromatic N) is 4. The van der Waals surface area contributed by atoms with Crippen LogP contribution in [0.5, 0.6) is 11.5 Å². The van der Waals surface area contributed by atoms with Crippen LogP contribution in [0.3, 0.4) is 0 Å². The minimum atomic E-state index is 0.105. The van der Waals surface area contributed by atoms with E-state index in [0.717, 1.165) is 56.1 Å². The molecule has 1 atom stereocenters. The van der Waals surface area contributed by atoms with Crippen LogP contribution in [0.1, 0.15) is 34.2 Å². The minimum absolute atomic E-state index is 0.105. The summed E-state index contributed by atoms with van der Waals surface area (Å²) < 4.78 is 11.3. The van der Waals surface area contributed by atoms with Crippen molar-refractivity contribution < 1.29 is 9.47 Å². The SMILES string of the molecule is Cc1nnc(N2N=C(c3ccc(N)c(C)c3)c3cc4c(cc3C[C@H]2C)OCO4)s1. The molecule has 2 aliphatic heterocycles. The smallest absolute Gasteiger partial charge is 0.231 e. The number of rotatable bonds is 2. The molecule has 3 aromatic rings. The van der Waals surface area contributed by atoms with Crippen LogP contribution in [-0.2, 0) is 6.42 Å². The van der Waals surface area contributed by atoms with Gasteiger partial charge in [0.25, 0.3) is 0 Å². The van der Waals surface area contributed by atoms with Crippen molar-refractivity contribution in [2.24, 2.45) is 5.10 Å². The van der Waals surface area contributed by atoms with Crippen LogP contribution in [0, 0.1) is 13.8 Å². The van der Waals surface area contributed by atoms with Gasteiger partial charge < -0.3 is 15.2 Å². The fourth-order valence-electron chi connectivity index (χ4n) is 3.68. The average Bonchev–Trinajstić information content (AvgIpc) is 3.29. The fourth-order valence-corrected chi connectivity index (χ4v) is 4.43. The highest BCUT2D eigenvalue weighted by Crippen LogP contribution is 2.38. The maximum Gasteiger partial charge on any atom is 0.231 e. The van der Waals surface area contributed by atoms with Crippen LogP contribution in [-0.4, -0.2) is 28.7 Å². The Bertz CT molecular complexity index is 1140. The van der Waals surface area contributed by atoms with E-state index in [4.69, 9.17) is 20.3 Å². The van der Waals surface area contributed by atoms with Crippen LogP contribution >= 0.6 is 11.3 Å². The molecule has 0 amide bonds. The highest BCUT2D eigenvalue weighted by molar-refractivity contribution is 7.15. The maximum atomic E-state index is 6.06. The van der Waals surface area contributed by atoms with Gasteiger partial charge in [-0.3, -0.25) is 0 Å². The lowest BCUT2D eigenvalue weighted by atomic mass is 9.93. The van der Waals surface area contributed by atoms with Gasteiger partial charge in [-0.05, 0) is 62.6 Å². The van der Waals surface area contributed by atoms with Crippen molar-refractivity contribution >= 4 is 27.9 Å². The van der Waals surface area contributed by atoms with Crippen molar-refractivity contribution in [3.05, 3.63) is 57.6 Å². The Balaban J connectivity index is 1.72. The van der Waals surface area contributed by atoms with Gasteiger partial charge in [0.1, 0.15) is 5.01 Å². The first-order valence-electron chi connectivity index (χ1n) is 9.47. The number of hydrogen-bond acceptors (Lipinski definition) is 8. The lowest BCUT2D eigenvalue weighted by molar-refractivity contribution is 0.174. The maximum absolute atomic E-state index is 6.06. The lowest BCUT2D eigenvalue weighted by Crippen LogP contribution is -2.29. The van der Waals surface area contributed by atoms with Gasteiger partial charge in [-0.25, -0.2) is 5.01 Å². The van der Waals surface area contributed by atoms with E-state index in [-0.39, 0.29) is 12.8 Å². The standard InChI is InChI=1S/C21H21N5O2S/c1-11-6-14(4-5-17(11)22)20-16-9-19-18(27-10-28-19)8-15(16)7-12(2)26(25-20)21-24-23-13(3)29-21/h4-6,8-9,12H,7,10,22H2,1-3H3/t12-/m1/s1. The number of aryl methyl sites for hydroxylation is 2. The molecule has 3 heterocycles. The molecule has 0 unspecified atom stereocenters. The van der Waals surface area contributed by atoms with E-state index in [9.17, 15) is 0 Å². The summed E-state index contributed by atoms with van der Waals surface area (Å²) in [5.41, 5.74) is 11.9. The van der Waals surface area contributed by atoms with E-state index < -0.39 is 0 Å². The highest BCUT2D eigenvalue weighted by Gasteiger charge is 2.29. The molecular formula is C21H21N5O2S. The molecule has 29 heavy (non-hydrogen) atoms. The number of hydrazone groups is 1. The predicted molar refractivity (Wildman–Crippen MR) is 114 cm³/mol. The molecule has 0 bridgehead atoms. The number of fused-ring (bicyclic) bond motifs is 2. The second-order valence-electron chi connectivity index (χ2n) is 7.38. The Kier molecular flexibility index (Phi) is 4.16. The molecule has 2 aliphatic rings. The molecule has 0 radical (unpaired) electrons. The molecule has 0 aliphatic carbocycles. The summed E-state index contributed by atoms with van der Waals surface area (Å²) in [6.45, 7) is 6.35. The average molecular weight is 407 g/mol. The first kappa shape index (κ1) is 17.9. The Labute approximate surface area is 172 Å². The van der Waals surface area contributed by atoms with E-state index in [0.29, 0.717) is 0 Å². The van der Waals surface area contributed by atoms with Crippen LogP contribution in [0.25, 0.3) is 0 Å². The van der Waals surface area contributed by atoms with E-state index >= 15 is 0 Å². The van der Waals surface area contributed by atoms with Crippen LogP contribution < -0.4 is 20.2 Å². The van der Waals surface area contributed by atoms with Crippen molar-refractivity contribution in [1.82, 2.24) is 10.2 Å². The number of nitrogen functional groups attached to an aromatic ring is 1. The van der Waals surface area contributed by atoms with Crippen LogP contribution in [0.2, 0.25) is 0 Å². The van der Waals surface area contributed by atoms with E-state index in [1.807, 2.05) is 37.1 Å². The molecule has 148 valence electrons. The zero-order valence-corrected chi connectivity index (χ0v) is 17.3. The second-order valence-corrected chi connectivity index (χ2v) is 8.54. The van der Waals surface area contributed by atoms with E-state index in [2.05, 4.69) is 29.3 Å². The monoisotopic (exact) mass is 407 g/mol. The van der Waals surface area contributed by atoms with Gasteiger partial charge in [-0.2, -0.15) is 5.10 Å². The molecule has 8 heteroatoms. The first-order chi connectivity index (χ1) is 14.0. The number of aromatic nitrogens is 2. The van der Waals surface area contributed by atoms with Gasteiger partial charge in [0.15, 0.2) is 11.5 Å². The topological polar surface area (TPSA) is 85.9 Å².